The van der Waals surface area contributed by atoms with Crippen molar-refractivity contribution in [3.8, 4) is 6.07 Å². The van der Waals surface area contributed by atoms with Gasteiger partial charge in [-0.1, -0.05) is 26.7 Å². The maximum absolute atomic E-state index is 8.77. The van der Waals surface area contributed by atoms with E-state index < -0.39 is 0 Å². The number of fused-ring (bicyclic) bond motifs is 3. The van der Waals surface area contributed by atoms with E-state index in [1.807, 2.05) is 30.5 Å². The second kappa shape index (κ2) is 10.2. The highest BCUT2D eigenvalue weighted by molar-refractivity contribution is 5.73. The predicted octanol–water partition coefficient (Wildman–Crippen LogP) is 4.66. The number of nitriles is 1. The first-order chi connectivity index (χ1) is 13.8. The van der Waals surface area contributed by atoms with Crippen LogP contribution in [0.5, 0.6) is 0 Å². The average Bonchev–Trinajstić information content (AvgIpc) is 3.51. The standard InChI is InChI=1S/C12H19NO.C7H5N5.C2H6/c13-9-10-5-7-12(8-6-10)14-11-3-1-2-4-11;1-2-8-7-5(1)12-4-10-11-6(12)3-9-7;1-2/h10-12H,1-8H2;1-4,8H;1-2H3. The van der Waals surface area contributed by atoms with Crippen molar-refractivity contribution in [2.75, 3.05) is 0 Å². The first-order valence-electron chi connectivity index (χ1n) is 10.5. The molecule has 0 aromatic carbocycles. The molecule has 1 N–H and O–H groups in total. The van der Waals surface area contributed by atoms with Gasteiger partial charge in [-0.05, 0) is 44.6 Å². The molecule has 0 saturated heterocycles. The molecule has 2 fully saturated rings. The lowest BCUT2D eigenvalue weighted by atomic mass is 9.88. The molecule has 7 heteroatoms. The zero-order valence-electron chi connectivity index (χ0n) is 16.8. The lowest BCUT2D eigenvalue weighted by Gasteiger charge is -2.27. The Hall–Kier alpha value is -2.46. The molecule has 0 radical (unpaired) electrons. The molecule has 0 aliphatic heterocycles. The fourth-order valence-corrected chi connectivity index (χ4v) is 3.91. The monoisotopic (exact) mass is 382 g/mol. The molecule has 5 rings (SSSR count). The SMILES string of the molecule is CC.N#CC1CCC(OC2CCCC2)CC1.c1cc2c(ncc3nncn32)[nH]1. The van der Waals surface area contributed by atoms with Gasteiger partial charge in [0.15, 0.2) is 11.3 Å². The number of H-pyrrole nitrogens is 1. The molecule has 3 heterocycles. The smallest absolute Gasteiger partial charge is 0.179 e. The normalized spacial score (nSPS) is 22.2. The van der Waals surface area contributed by atoms with Gasteiger partial charge in [-0.25, -0.2) is 4.98 Å². The highest BCUT2D eigenvalue weighted by atomic mass is 16.5. The molecule has 3 aromatic rings. The van der Waals surface area contributed by atoms with Gasteiger partial charge in [0.25, 0.3) is 0 Å². The van der Waals surface area contributed by atoms with Gasteiger partial charge >= 0.3 is 0 Å². The van der Waals surface area contributed by atoms with Crippen LogP contribution in [0.15, 0.2) is 24.8 Å². The quantitative estimate of drug-likeness (QED) is 0.696. The summed E-state index contributed by atoms with van der Waals surface area (Å²) in [5, 5.41) is 16.4. The van der Waals surface area contributed by atoms with E-state index >= 15 is 0 Å². The molecule has 28 heavy (non-hydrogen) atoms. The molecular weight excluding hydrogens is 352 g/mol. The summed E-state index contributed by atoms with van der Waals surface area (Å²) in [4.78, 5) is 7.18. The number of aromatic amines is 1. The van der Waals surface area contributed by atoms with Crippen molar-refractivity contribution in [1.29, 1.82) is 5.26 Å². The molecule has 0 amide bonds. The third-order valence-corrected chi connectivity index (χ3v) is 5.39. The van der Waals surface area contributed by atoms with E-state index in [4.69, 9.17) is 10.00 Å². The van der Waals surface area contributed by atoms with Crippen molar-refractivity contribution in [1.82, 2.24) is 24.6 Å². The van der Waals surface area contributed by atoms with Crippen LogP contribution < -0.4 is 0 Å². The maximum atomic E-state index is 8.77. The number of hydrogen-bond donors (Lipinski definition) is 1. The van der Waals surface area contributed by atoms with Gasteiger partial charge in [0, 0.05) is 12.1 Å². The summed E-state index contributed by atoms with van der Waals surface area (Å²) in [6.45, 7) is 4.00. The Morgan fingerprint density at radius 1 is 1.11 bits per heavy atom. The molecule has 3 aromatic heterocycles. The fraction of sp³-hybridized carbons (Fsp3) is 0.619. The zero-order valence-corrected chi connectivity index (χ0v) is 16.8. The number of ether oxygens (including phenoxy) is 1. The van der Waals surface area contributed by atoms with Crippen molar-refractivity contribution in [2.24, 2.45) is 5.92 Å². The predicted molar refractivity (Wildman–Crippen MR) is 109 cm³/mol. The number of aromatic nitrogens is 5. The van der Waals surface area contributed by atoms with Crippen LogP contribution >= 0.6 is 0 Å². The molecule has 2 saturated carbocycles. The molecule has 0 unspecified atom stereocenters. The zero-order chi connectivity index (χ0) is 19.8. The third kappa shape index (κ3) is 4.87. The van der Waals surface area contributed by atoms with Crippen LogP contribution in [0.25, 0.3) is 16.8 Å². The average molecular weight is 383 g/mol. The fourth-order valence-electron chi connectivity index (χ4n) is 3.91. The molecule has 2 aliphatic carbocycles. The van der Waals surface area contributed by atoms with E-state index in [1.165, 1.54) is 25.7 Å². The Bertz CT molecular complexity index is 831. The second-order valence-electron chi connectivity index (χ2n) is 7.17. The van der Waals surface area contributed by atoms with Gasteiger partial charge < -0.3 is 9.72 Å². The van der Waals surface area contributed by atoms with Crippen LogP contribution in [-0.4, -0.2) is 36.8 Å². The minimum Gasteiger partial charge on any atom is -0.375 e. The van der Waals surface area contributed by atoms with Crippen molar-refractivity contribution in [3.05, 3.63) is 24.8 Å². The van der Waals surface area contributed by atoms with E-state index in [9.17, 15) is 0 Å². The van der Waals surface area contributed by atoms with E-state index in [1.54, 1.807) is 12.5 Å². The Morgan fingerprint density at radius 2 is 1.82 bits per heavy atom. The molecule has 150 valence electrons. The van der Waals surface area contributed by atoms with Crippen LogP contribution in [0, 0.1) is 17.2 Å². The van der Waals surface area contributed by atoms with Gasteiger partial charge in [0.05, 0.1) is 30.0 Å². The summed E-state index contributed by atoms with van der Waals surface area (Å²) < 4.78 is 7.92. The van der Waals surface area contributed by atoms with Gasteiger partial charge in [-0.3, -0.25) is 4.40 Å². The molecule has 0 bridgehead atoms. The van der Waals surface area contributed by atoms with Gasteiger partial charge in [-0.15, -0.1) is 10.2 Å². The Morgan fingerprint density at radius 3 is 2.54 bits per heavy atom. The summed E-state index contributed by atoms with van der Waals surface area (Å²) in [7, 11) is 0. The minimum atomic E-state index is 0.304. The summed E-state index contributed by atoms with van der Waals surface area (Å²) in [6.07, 6.45) is 15.7. The maximum Gasteiger partial charge on any atom is 0.179 e. The topological polar surface area (TPSA) is 91.9 Å². The minimum absolute atomic E-state index is 0.304. The summed E-state index contributed by atoms with van der Waals surface area (Å²) in [5.41, 5.74) is 2.61. The van der Waals surface area contributed by atoms with Gasteiger partial charge in [0.1, 0.15) is 6.33 Å². The third-order valence-electron chi connectivity index (χ3n) is 5.39. The van der Waals surface area contributed by atoms with Gasteiger partial charge in [-0.2, -0.15) is 5.26 Å². The van der Waals surface area contributed by atoms with E-state index in [2.05, 4.69) is 26.2 Å². The Balaban J connectivity index is 0.000000149. The van der Waals surface area contributed by atoms with E-state index in [-0.39, 0.29) is 0 Å². The van der Waals surface area contributed by atoms with Crippen molar-refractivity contribution in [2.45, 2.75) is 77.4 Å². The number of nitrogens with one attached hydrogen (secondary N) is 1. The largest absolute Gasteiger partial charge is 0.375 e. The lowest BCUT2D eigenvalue weighted by Crippen LogP contribution is -2.25. The van der Waals surface area contributed by atoms with Crippen LogP contribution in [0.1, 0.15) is 65.2 Å². The van der Waals surface area contributed by atoms with Crippen LogP contribution in [0.4, 0.5) is 0 Å². The van der Waals surface area contributed by atoms with Crippen LogP contribution in [0.2, 0.25) is 0 Å². The molecule has 0 atom stereocenters. The molecule has 7 nitrogen and oxygen atoms in total. The summed E-state index contributed by atoms with van der Waals surface area (Å²) in [6, 6.07) is 4.31. The lowest BCUT2D eigenvalue weighted by molar-refractivity contribution is -0.0296. The molecule has 0 spiro atoms. The first kappa shape index (κ1) is 20.3. The first-order valence-corrected chi connectivity index (χ1v) is 10.5. The van der Waals surface area contributed by atoms with Crippen LogP contribution in [0.3, 0.4) is 0 Å². The second-order valence-corrected chi connectivity index (χ2v) is 7.17. The Kier molecular flexibility index (Phi) is 7.38. The van der Waals surface area contributed by atoms with Gasteiger partial charge in [0.2, 0.25) is 0 Å². The summed E-state index contributed by atoms with van der Waals surface area (Å²) in [5.74, 6) is 0.304. The highest BCUT2D eigenvalue weighted by Gasteiger charge is 2.25. The van der Waals surface area contributed by atoms with Crippen molar-refractivity contribution < 1.29 is 4.74 Å². The van der Waals surface area contributed by atoms with Crippen molar-refractivity contribution >= 4 is 16.8 Å². The highest BCUT2D eigenvalue weighted by Crippen LogP contribution is 2.30. The van der Waals surface area contributed by atoms with E-state index in [0.29, 0.717) is 18.1 Å². The summed E-state index contributed by atoms with van der Waals surface area (Å²) >= 11 is 0. The molecular formula is C21H30N6O. The number of nitrogens with zero attached hydrogens (tertiary/aromatic N) is 5. The molecule has 2 aliphatic rings. The van der Waals surface area contributed by atoms with Crippen molar-refractivity contribution in [3.63, 3.8) is 0 Å². The Labute approximate surface area is 166 Å². The number of hydrogen-bond acceptors (Lipinski definition) is 5. The van der Waals surface area contributed by atoms with E-state index in [0.717, 1.165) is 42.5 Å². The van der Waals surface area contributed by atoms with Crippen LogP contribution in [-0.2, 0) is 4.74 Å². The number of rotatable bonds is 2.